The minimum absolute atomic E-state index is 0.0171. The van der Waals surface area contributed by atoms with E-state index in [9.17, 15) is 15.3 Å². The minimum Gasteiger partial charge on any atom is -0.508 e. The molecule has 0 atom stereocenters. The van der Waals surface area contributed by atoms with Gasteiger partial charge in [0.05, 0.1) is 0 Å². The summed E-state index contributed by atoms with van der Waals surface area (Å²) in [5, 5.41) is 32.7. The second-order valence-electron chi connectivity index (χ2n) is 4.90. The van der Waals surface area contributed by atoms with Crippen LogP contribution < -0.4 is 0 Å². The number of phenols is 3. The van der Waals surface area contributed by atoms with Gasteiger partial charge < -0.3 is 15.3 Å². The molecule has 0 spiro atoms. The Bertz CT molecular complexity index is 800. The van der Waals surface area contributed by atoms with Crippen molar-refractivity contribution in [3.8, 4) is 28.4 Å². The van der Waals surface area contributed by atoms with Crippen LogP contribution in [0.4, 0.5) is 0 Å². The molecule has 0 fully saturated rings. The zero-order valence-electron chi connectivity index (χ0n) is 11.6. The number of hydrogen-bond donors (Lipinski definition) is 3. The lowest BCUT2D eigenvalue weighted by molar-refractivity contribution is 0.450. The molecule has 1 aromatic heterocycles. The van der Waals surface area contributed by atoms with Gasteiger partial charge in [0, 0.05) is 6.07 Å². The van der Waals surface area contributed by atoms with Gasteiger partial charge >= 0.3 is 0 Å². The van der Waals surface area contributed by atoms with Crippen LogP contribution in [0.1, 0.15) is 11.1 Å². The summed E-state index contributed by atoms with van der Waals surface area (Å²) in [6.07, 6.45) is 3.70. The van der Waals surface area contributed by atoms with Gasteiger partial charge in [-0.05, 0) is 63.3 Å². The number of hydrogen-bond acceptors (Lipinski definition) is 4. The molecule has 0 amide bonds. The number of aromatic hydroxyl groups is 3. The van der Waals surface area contributed by atoms with Gasteiger partial charge in [-0.3, -0.25) is 0 Å². The van der Waals surface area contributed by atoms with E-state index >= 15 is 0 Å². The zero-order chi connectivity index (χ0) is 15.5. The monoisotopic (exact) mass is 310 g/mol. The molecule has 3 nitrogen and oxygen atoms in total. The van der Waals surface area contributed by atoms with Gasteiger partial charge in [-0.25, -0.2) is 0 Å². The largest absolute Gasteiger partial charge is 0.508 e. The van der Waals surface area contributed by atoms with Crippen molar-refractivity contribution in [1.29, 1.82) is 0 Å². The first-order chi connectivity index (χ1) is 10.6. The van der Waals surface area contributed by atoms with Crippen LogP contribution in [-0.4, -0.2) is 15.3 Å². The van der Waals surface area contributed by atoms with Crippen molar-refractivity contribution >= 4 is 23.5 Å². The molecule has 0 aliphatic rings. The van der Waals surface area contributed by atoms with Crippen LogP contribution in [0.5, 0.6) is 17.2 Å². The summed E-state index contributed by atoms with van der Waals surface area (Å²) in [6.45, 7) is 0. The first-order valence-corrected chi connectivity index (χ1v) is 7.63. The molecule has 3 aromatic rings. The van der Waals surface area contributed by atoms with Crippen molar-refractivity contribution in [3.63, 3.8) is 0 Å². The van der Waals surface area contributed by atoms with Crippen molar-refractivity contribution in [2.24, 2.45) is 0 Å². The molecule has 0 aliphatic carbocycles. The van der Waals surface area contributed by atoms with Crippen LogP contribution >= 0.6 is 11.3 Å². The summed E-state index contributed by atoms with van der Waals surface area (Å²) < 4.78 is 0. The molecule has 0 radical (unpaired) electrons. The number of phenolic OH excluding ortho intramolecular Hbond substituents is 3. The SMILES string of the molecule is Oc1cc(O)cc(/C=C/c2ccc(O)cc2-c2ccsc2)c1. The third-order valence-electron chi connectivity index (χ3n) is 3.25. The highest BCUT2D eigenvalue weighted by molar-refractivity contribution is 7.08. The summed E-state index contributed by atoms with van der Waals surface area (Å²) in [4.78, 5) is 0. The van der Waals surface area contributed by atoms with E-state index in [0.29, 0.717) is 5.56 Å². The van der Waals surface area contributed by atoms with Crippen LogP contribution in [0.15, 0.2) is 53.2 Å². The van der Waals surface area contributed by atoms with E-state index in [1.807, 2.05) is 35.0 Å². The van der Waals surface area contributed by atoms with Gasteiger partial charge in [0.25, 0.3) is 0 Å². The highest BCUT2D eigenvalue weighted by Gasteiger charge is 2.05. The maximum absolute atomic E-state index is 9.71. The molecule has 2 aromatic carbocycles. The Morgan fingerprint density at radius 3 is 2.23 bits per heavy atom. The van der Waals surface area contributed by atoms with Crippen molar-refractivity contribution < 1.29 is 15.3 Å². The molecular weight excluding hydrogens is 296 g/mol. The van der Waals surface area contributed by atoms with E-state index < -0.39 is 0 Å². The second-order valence-corrected chi connectivity index (χ2v) is 5.68. The number of benzene rings is 2. The summed E-state index contributed by atoms with van der Waals surface area (Å²) in [5.74, 6) is 0.250. The molecule has 3 N–H and O–H groups in total. The highest BCUT2D eigenvalue weighted by atomic mass is 32.1. The van der Waals surface area contributed by atoms with Crippen LogP contribution in [0.3, 0.4) is 0 Å². The maximum atomic E-state index is 9.71. The molecule has 1 heterocycles. The fraction of sp³-hybridized carbons (Fsp3) is 0. The Balaban J connectivity index is 2.00. The maximum Gasteiger partial charge on any atom is 0.119 e. The molecular formula is C18H14O3S. The van der Waals surface area contributed by atoms with Crippen LogP contribution in [0.25, 0.3) is 23.3 Å². The Hall–Kier alpha value is -2.72. The molecule has 0 bridgehead atoms. The summed E-state index contributed by atoms with van der Waals surface area (Å²) in [7, 11) is 0. The van der Waals surface area contributed by atoms with Gasteiger partial charge in [-0.2, -0.15) is 11.3 Å². The van der Waals surface area contributed by atoms with Gasteiger partial charge in [-0.1, -0.05) is 18.2 Å². The fourth-order valence-corrected chi connectivity index (χ4v) is 2.91. The normalized spacial score (nSPS) is 11.1. The molecule has 0 saturated carbocycles. The number of thiophene rings is 1. The molecule has 3 rings (SSSR count). The standard InChI is InChI=1S/C18H14O3S/c19-15-4-3-13(18(10-15)14-5-6-22-11-14)2-1-12-7-16(20)9-17(21)8-12/h1-11,19-21H/b2-1+. The van der Waals surface area contributed by atoms with E-state index in [2.05, 4.69) is 0 Å². The van der Waals surface area contributed by atoms with Gasteiger partial charge in [-0.15, -0.1) is 0 Å². The Morgan fingerprint density at radius 1 is 0.773 bits per heavy atom. The molecule has 0 unspecified atom stereocenters. The third kappa shape index (κ3) is 3.13. The predicted molar refractivity (Wildman–Crippen MR) is 90.1 cm³/mol. The predicted octanol–water partition coefficient (Wildman–Crippen LogP) is 4.70. The average molecular weight is 310 g/mol. The van der Waals surface area contributed by atoms with Gasteiger partial charge in [0.1, 0.15) is 17.2 Å². The topological polar surface area (TPSA) is 60.7 Å². The fourth-order valence-electron chi connectivity index (χ4n) is 2.26. The number of rotatable bonds is 3. The zero-order valence-corrected chi connectivity index (χ0v) is 12.4. The van der Waals surface area contributed by atoms with Crippen LogP contribution in [-0.2, 0) is 0 Å². The van der Waals surface area contributed by atoms with Crippen LogP contribution in [0, 0.1) is 0 Å². The lowest BCUT2D eigenvalue weighted by Crippen LogP contribution is -1.81. The quantitative estimate of drug-likeness (QED) is 0.614. The molecule has 0 saturated heterocycles. The van der Waals surface area contributed by atoms with E-state index in [0.717, 1.165) is 16.7 Å². The van der Waals surface area contributed by atoms with Gasteiger partial charge in [0.2, 0.25) is 0 Å². The van der Waals surface area contributed by atoms with E-state index in [1.165, 1.54) is 6.07 Å². The third-order valence-corrected chi connectivity index (χ3v) is 3.93. The van der Waals surface area contributed by atoms with Crippen molar-refractivity contribution in [2.45, 2.75) is 0 Å². The molecule has 0 aliphatic heterocycles. The van der Waals surface area contributed by atoms with Gasteiger partial charge in [0.15, 0.2) is 0 Å². The van der Waals surface area contributed by atoms with E-state index in [4.69, 9.17) is 0 Å². The average Bonchev–Trinajstić information content (AvgIpc) is 2.99. The highest BCUT2D eigenvalue weighted by Crippen LogP contribution is 2.31. The molecule has 4 heteroatoms. The Kier molecular flexibility index (Phi) is 3.85. The molecule has 22 heavy (non-hydrogen) atoms. The van der Waals surface area contributed by atoms with Crippen molar-refractivity contribution in [1.82, 2.24) is 0 Å². The van der Waals surface area contributed by atoms with Crippen molar-refractivity contribution in [3.05, 3.63) is 64.4 Å². The Morgan fingerprint density at radius 2 is 1.55 bits per heavy atom. The smallest absolute Gasteiger partial charge is 0.119 e. The van der Waals surface area contributed by atoms with Crippen LogP contribution in [0.2, 0.25) is 0 Å². The first kappa shape index (κ1) is 14.2. The van der Waals surface area contributed by atoms with Crippen molar-refractivity contribution in [2.75, 3.05) is 0 Å². The second kappa shape index (κ2) is 5.95. The summed E-state index contributed by atoms with van der Waals surface area (Å²) in [5.41, 5.74) is 3.61. The lowest BCUT2D eigenvalue weighted by atomic mass is 10.0. The first-order valence-electron chi connectivity index (χ1n) is 6.68. The molecule has 110 valence electrons. The Labute approximate surface area is 132 Å². The minimum atomic E-state index is 0.0171. The summed E-state index contributed by atoms with van der Waals surface area (Å²) >= 11 is 1.60. The lowest BCUT2D eigenvalue weighted by Gasteiger charge is -2.05. The van der Waals surface area contributed by atoms with E-state index in [1.54, 1.807) is 35.6 Å². The van der Waals surface area contributed by atoms with E-state index in [-0.39, 0.29) is 17.2 Å². The summed E-state index contributed by atoms with van der Waals surface area (Å²) in [6, 6.07) is 11.6.